The summed E-state index contributed by atoms with van der Waals surface area (Å²) < 4.78 is 5.81. The second-order valence-electron chi connectivity index (χ2n) is 8.75. The minimum atomic E-state index is -0.550. The van der Waals surface area contributed by atoms with Crippen molar-refractivity contribution in [1.82, 2.24) is 0 Å². The van der Waals surface area contributed by atoms with Crippen LogP contribution in [0.15, 0.2) is 89.2 Å². The van der Waals surface area contributed by atoms with Crippen LogP contribution in [0.2, 0.25) is 0 Å². The molecule has 0 fully saturated rings. The van der Waals surface area contributed by atoms with E-state index in [-0.39, 0.29) is 23.5 Å². The Kier molecular flexibility index (Phi) is 5.17. The van der Waals surface area contributed by atoms with Crippen LogP contribution >= 0.6 is 0 Å². The van der Waals surface area contributed by atoms with Gasteiger partial charge in [0.1, 0.15) is 17.6 Å². The first kappa shape index (κ1) is 20.3. The maximum Gasteiger partial charge on any atom is 0.230 e. The molecule has 1 amide bonds. The van der Waals surface area contributed by atoms with Gasteiger partial charge in [-0.25, -0.2) is 0 Å². The van der Waals surface area contributed by atoms with Crippen LogP contribution in [-0.4, -0.2) is 11.7 Å². The fourth-order valence-corrected chi connectivity index (χ4v) is 4.81. The van der Waals surface area contributed by atoms with Crippen molar-refractivity contribution in [2.75, 3.05) is 10.2 Å². The third-order valence-electron chi connectivity index (χ3n) is 6.31. The van der Waals surface area contributed by atoms with E-state index in [1.807, 2.05) is 62.4 Å². The van der Waals surface area contributed by atoms with Gasteiger partial charge in [-0.15, -0.1) is 0 Å². The minimum Gasteiger partial charge on any atom is -0.467 e. The molecule has 162 valence electrons. The number of fused-ring (bicyclic) bond motifs is 2. The zero-order valence-corrected chi connectivity index (χ0v) is 18.2. The van der Waals surface area contributed by atoms with Crippen molar-refractivity contribution in [3.05, 3.63) is 96.1 Å². The highest BCUT2D eigenvalue weighted by atomic mass is 16.3. The molecule has 1 aromatic heterocycles. The number of furan rings is 1. The van der Waals surface area contributed by atoms with Crippen molar-refractivity contribution in [3.63, 3.8) is 0 Å². The van der Waals surface area contributed by atoms with Gasteiger partial charge in [-0.2, -0.15) is 0 Å². The second-order valence-corrected chi connectivity index (χ2v) is 8.75. The van der Waals surface area contributed by atoms with Gasteiger partial charge in [0.2, 0.25) is 5.91 Å². The molecule has 0 saturated heterocycles. The summed E-state index contributed by atoms with van der Waals surface area (Å²) in [5.41, 5.74) is 3.50. The van der Waals surface area contributed by atoms with E-state index < -0.39 is 12.0 Å². The second kappa shape index (κ2) is 8.15. The number of amides is 1. The Hall–Kier alpha value is -3.60. The average Bonchev–Trinajstić information content (AvgIpc) is 3.28. The normalized spacial score (nSPS) is 22.5. The van der Waals surface area contributed by atoms with Gasteiger partial charge in [0.15, 0.2) is 0 Å². The number of hydrogen-bond donors (Lipinski definition) is 1. The zero-order chi connectivity index (χ0) is 22.2. The number of Topliss-reactive ketones (excluding diaryl/α,β-unsaturated/α-hetero) is 1. The Morgan fingerprint density at radius 1 is 1.03 bits per heavy atom. The molecule has 0 radical (unpaired) electrons. The van der Waals surface area contributed by atoms with Crippen molar-refractivity contribution >= 4 is 23.1 Å². The van der Waals surface area contributed by atoms with Crippen LogP contribution in [-0.2, 0) is 9.59 Å². The van der Waals surface area contributed by atoms with Gasteiger partial charge in [0, 0.05) is 24.0 Å². The Morgan fingerprint density at radius 2 is 1.78 bits per heavy atom. The highest BCUT2D eigenvalue weighted by Crippen LogP contribution is 2.48. The lowest BCUT2D eigenvalue weighted by atomic mass is 9.77. The first-order valence-corrected chi connectivity index (χ1v) is 11.1. The number of carbonyl (C=O) groups excluding carboxylic acids is 2. The summed E-state index contributed by atoms with van der Waals surface area (Å²) in [7, 11) is 0. The molecule has 2 aromatic carbocycles. The maximum atomic E-state index is 13.7. The van der Waals surface area contributed by atoms with E-state index in [9.17, 15) is 9.59 Å². The molecular weight excluding hydrogens is 400 g/mol. The van der Waals surface area contributed by atoms with Crippen molar-refractivity contribution in [2.45, 2.75) is 32.2 Å². The SMILES string of the molecule is CC(C)C(=O)N1c2ccccc2NC2=C[C@H](c3ccccc3)CC(=O)[C@H]2[C@H]1c1ccco1. The Morgan fingerprint density at radius 3 is 2.50 bits per heavy atom. The summed E-state index contributed by atoms with van der Waals surface area (Å²) in [6.07, 6.45) is 4.13. The summed E-state index contributed by atoms with van der Waals surface area (Å²) in [5.74, 6) is -0.114. The molecule has 1 aliphatic heterocycles. The van der Waals surface area contributed by atoms with Crippen molar-refractivity contribution in [3.8, 4) is 0 Å². The molecular formula is C27H26N2O3. The maximum absolute atomic E-state index is 13.7. The van der Waals surface area contributed by atoms with Gasteiger partial charge in [0.05, 0.1) is 23.6 Å². The van der Waals surface area contributed by atoms with E-state index in [0.29, 0.717) is 12.2 Å². The molecule has 1 N–H and O–H groups in total. The summed E-state index contributed by atoms with van der Waals surface area (Å²) in [4.78, 5) is 29.0. The predicted molar refractivity (Wildman–Crippen MR) is 124 cm³/mol. The van der Waals surface area contributed by atoms with Gasteiger partial charge in [-0.1, -0.05) is 62.4 Å². The van der Waals surface area contributed by atoms with Gasteiger partial charge in [-0.05, 0) is 29.8 Å². The molecule has 2 heterocycles. The van der Waals surface area contributed by atoms with E-state index in [1.165, 1.54) is 0 Å². The third kappa shape index (κ3) is 3.44. The average molecular weight is 427 g/mol. The lowest BCUT2D eigenvalue weighted by Crippen LogP contribution is -2.44. The number of rotatable bonds is 3. The smallest absolute Gasteiger partial charge is 0.230 e. The summed E-state index contributed by atoms with van der Waals surface area (Å²) in [5, 5.41) is 3.51. The van der Waals surface area contributed by atoms with E-state index in [0.717, 1.165) is 22.6 Å². The third-order valence-corrected chi connectivity index (χ3v) is 6.31. The first-order chi connectivity index (χ1) is 15.5. The predicted octanol–water partition coefficient (Wildman–Crippen LogP) is 5.69. The number of nitrogens with one attached hydrogen (secondary N) is 1. The molecule has 1 aliphatic carbocycles. The number of carbonyl (C=O) groups is 2. The summed E-state index contributed by atoms with van der Waals surface area (Å²) in [6.45, 7) is 3.76. The van der Waals surface area contributed by atoms with Gasteiger partial charge in [-0.3, -0.25) is 14.5 Å². The van der Waals surface area contributed by atoms with Crippen LogP contribution in [0.3, 0.4) is 0 Å². The van der Waals surface area contributed by atoms with Crippen LogP contribution in [0.4, 0.5) is 11.4 Å². The number of hydrogen-bond acceptors (Lipinski definition) is 4. The fraction of sp³-hybridized carbons (Fsp3) is 0.259. The van der Waals surface area contributed by atoms with Crippen molar-refractivity contribution < 1.29 is 14.0 Å². The lowest BCUT2D eigenvalue weighted by molar-refractivity contribution is -0.124. The molecule has 2 aliphatic rings. The Bertz CT molecular complexity index is 1160. The molecule has 3 aromatic rings. The van der Waals surface area contributed by atoms with Gasteiger partial charge < -0.3 is 9.73 Å². The van der Waals surface area contributed by atoms with Crippen LogP contribution in [0, 0.1) is 11.8 Å². The molecule has 5 nitrogen and oxygen atoms in total. The summed E-state index contributed by atoms with van der Waals surface area (Å²) in [6, 6.07) is 20.9. The van der Waals surface area contributed by atoms with E-state index in [1.54, 1.807) is 17.2 Å². The van der Waals surface area contributed by atoms with Gasteiger partial charge >= 0.3 is 0 Å². The Balaban J connectivity index is 1.71. The molecule has 0 bridgehead atoms. The topological polar surface area (TPSA) is 62.6 Å². The number of anilines is 2. The molecule has 32 heavy (non-hydrogen) atoms. The quantitative estimate of drug-likeness (QED) is 0.584. The van der Waals surface area contributed by atoms with Crippen LogP contribution < -0.4 is 10.2 Å². The van der Waals surface area contributed by atoms with Crippen LogP contribution in [0.5, 0.6) is 0 Å². The minimum absolute atomic E-state index is 0.0146. The number of benzene rings is 2. The highest BCUT2D eigenvalue weighted by Gasteiger charge is 2.46. The van der Waals surface area contributed by atoms with E-state index >= 15 is 0 Å². The van der Waals surface area contributed by atoms with Crippen LogP contribution in [0.1, 0.15) is 43.6 Å². The molecule has 3 atom stereocenters. The number of allylic oxidation sites excluding steroid dienone is 1. The number of para-hydroxylation sites is 2. The molecule has 0 saturated carbocycles. The van der Waals surface area contributed by atoms with Gasteiger partial charge in [0.25, 0.3) is 0 Å². The molecule has 5 heteroatoms. The number of ketones is 1. The standard InChI is InChI=1S/C27H26N2O3/c1-17(2)27(31)29-22-12-7-6-11-20(22)28-21-15-19(18-9-4-3-5-10-18)16-23(30)25(21)26(29)24-13-8-14-32-24/h3-15,17,19,25-26,28H,16H2,1-2H3/t19-,25-,26+/m0/s1. The molecule has 0 unspecified atom stereocenters. The van der Waals surface area contributed by atoms with Crippen molar-refractivity contribution in [1.29, 1.82) is 0 Å². The molecule has 0 spiro atoms. The van der Waals surface area contributed by atoms with E-state index in [4.69, 9.17) is 4.42 Å². The zero-order valence-electron chi connectivity index (χ0n) is 18.2. The molecule has 5 rings (SSSR count). The lowest BCUT2D eigenvalue weighted by Gasteiger charge is -2.36. The van der Waals surface area contributed by atoms with E-state index in [2.05, 4.69) is 23.5 Å². The largest absolute Gasteiger partial charge is 0.467 e. The monoisotopic (exact) mass is 426 g/mol. The fourth-order valence-electron chi connectivity index (χ4n) is 4.81. The first-order valence-electron chi connectivity index (χ1n) is 11.1. The van der Waals surface area contributed by atoms with Crippen molar-refractivity contribution in [2.24, 2.45) is 11.8 Å². The highest BCUT2D eigenvalue weighted by molar-refractivity contribution is 6.01. The summed E-state index contributed by atoms with van der Waals surface area (Å²) >= 11 is 0. The Labute approximate surface area is 187 Å². The number of nitrogens with zero attached hydrogens (tertiary/aromatic N) is 1. The van der Waals surface area contributed by atoms with Crippen LogP contribution in [0.25, 0.3) is 0 Å².